The van der Waals surface area contributed by atoms with Crippen LogP contribution in [0, 0.1) is 12.3 Å². The van der Waals surface area contributed by atoms with E-state index < -0.39 is 0 Å². The number of rotatable bonds is 9. The third kappa shape index (κ3) is 7.17. The molecule has 4 rings (SSSR count). The molecule has 0 unspecified atom stereocenters. The van der Waals surface area contributed by atoms with Gasteiger partial charge in [0.1, 0.15) is 11.6 Å². The second-order valence-electron chi connectivity index (χ2n) is 11.6. The summed E-state index contributed by atoms with van der Waals surface area (Å²) in [6, 6.07) is 22.7. The molecular weight excluding hydrogens is 484 g/mol. The van der Waals surface area contributed by atoms with Crippen LogP contribution in [-0.4, -0.2) is 30.7 Å². The standard InChI is InChI=1S/C34H40N2O3/c1-23(2)39-33(37)29-12-14-30-28(21-29)16-18-35-32(30)36(19-17-34(4,5)6)22-25-8-10-26(11-9-25)27-13-15-31(38-7)24(3)20-27/h8-16,18,20-21,23H,17,19,22H2,1-7H3. The zero-order valence-corrected chi connectivity index (χ0v) is 24.2. The summed E-state index contributed by atoms with van der Waals surface area (Å²) >= 11 is 0. The second kappa shape index (κ2) is 11.9. The van der Waals surface area contributed by atoms with Crippen LogP contribution in [0.15, 0.2) is 72.9 Å². The van der Waals surface area contributed by atoms with Gasteiger partial charge in [0.2, 0.25) is 0 Å². The Morgan fingerprint density at radius 1 is 0.949 bits per heavy atom. The second-order valence-corrected chi connectivity index (χ2v) is 11.6. The monoisotopic (exact) mass is 524 g/mol. The third-order valence-electron chi connectivity index (χ3n) is 6.81. The van der Waals surface area contributed by atoms with E-state index in [9.17, 15) is 4.79 Å². The van der Waals surface area contributed by atoms with E-state index in [0.717, 1.165) is 47.4 Å². The van der Waals surface area contributed by atoms with E-state index in [1.54, 1.807) is 7.11 Å². The smallest absolute Gasteiger partial charge is 0.338 e. The number of nitrogens with zero attached hydrogens (tertiary/aromatic N) is 2. The number of aromatic nitrogens is 1. The van der Waals surface area contributed by atoms with E-state index in [1.165, 1.54) is 16.7 Å². The largest absolute Gasteiger partial charge is 0.496 e. The lowest BCUT2D eigenvalue weighted by molar-refractivity contribution is 0.0378. The highest BCUT2D eigenvalue weighted by Gasteiger charge is 2.18. The van der Waals surface area contributed by atoms with Crippen molar-refractivity contribution in [3.63, 3.8) is 0 Å². The van der Waals surface area contributed by atoms with Crippen molar-refractivity contribution in [2.24, 2.45) is 5.41 Å². The van der Waals surface area contributed by atoms with E-state index >= 15 is 0 Å². The highest BCUT2D eigenvalue weighted by molar-refractivity contribution is 5.99. The first-order valence-electron chi connectivity index (χ1n) is 13.6. The molecule has 0 fully saturated rings. The number of hydrogen-bond donors (Lipinski definition) is 0. The number of anilines is 1. The van der Waals surface area contributed by atoms with Gasteiger partial charge < -0.3 is 14.4 Å². The number of pyridine rings is 1. The van der Waals surface area contributed by atoms with Crippen molar-refractivity contribution in [3.05, 3.63) is 89.6 Å². The van der Waals surface area contributed by atoms with Crippen molar-refractivity contribution in [3.8, 4) is 16.9 Å². The average molecular weight is 525 g/mol. The first kappa shape index (κ1) is 28.2. The summed E-state index contributed by atoms with van der Waals surface area (Å²) in [6.45, 7) is 14.2. The average Bonchev–Trinajstić information content (AvgIpc) is 2.90. The van der Waals surface area contributed by atoms with Crippen LogP contribution >= 0.6 is 0 Å². The maximum atomic E-state index is 12.5. The molecule has 204 valence electrons. The van der Waals surface area contributed by atoms with E-state index in [0.29, 0.717) is 5.56 Å². The van der Waals surface area contributed by atoms with Gasteiger partial charge in [-0.15, -0.1) is 0 Å². The summed E-state index contributed by atoms with van der Waals surface area (Å²) in [5, 5.41) is 2.00. The summed E-state index contributed by atoms with van der Waals surface area (Å²) in [5.41, 5.74) is 5.43. The van der Waals surface area contributed by atoms with Crippen molar-refractivity contribution < 1.29 is 14.3 Å². The molecule has 5 heteroatoms. The number of carbonyl (C=O) groups excluding carboxylic acids is 1. The zero-order chi connectivity index (χ0) is 28.2. The van der Waals surface area contributed by atoms with Gasteiger partial charge in [-0.3, -0.25) is 0 Å². The number of ether oxygens (including phenoxy) is 2. The van der Waals surface area contributed by atoms with Gasteiger partial charge in [0.15, 0.2) is 0 Å². The molecule has 1 heterocycles. The van der Waals surface area contributed by atoms with E-state index in [1.807, 2.05) is 50.4 Å². The number of hydrogen-bond acceptors (Lipinski definition) is 5. The molecule has 0 N–H and O–H groups in total. The maximum Gasteiger partial charge on any atom is 0.338 e. The highest BCUT2D eigenvalue weighted by atomic mass is 16.5. The molecule has 0 bridgehead atoms. The number of carbonyl (C=O) groups is 1. The molecule has 4 aromatic rings. The van der Waals surface area contributed by atoms with Crippen LogP contribution < -0.4 is 9.64 Å². The number of fused-ring (bicyclic) bond motifs is 1. The lowest BCUT2D eigenvalue weighted by Gasteiger charge is -2.29. The fourth-order valence-corrected chi connectivity index (χ4v) is 4.63. The minimum atomic E-state index is -0.304. The van der Waals surface area contributed by atoms with Crippen molar-refractivity contribution in [1.82, 2.24) is 4.98 Å². The van der Waals surface area contributed by atoms with Gasteiger partial charge in [-0.1, -0.05) is 51.1 Å². The molecule has 0 radical (unpaired) electrons. The third-order valence-corrected chi connectivity index (χ3v) is 6.81. The van der Waals surface area contributed by atoms with Crippen molar-refractivity contribution in [2.45, 2.75) is 60.6 Å². The Bertz CT molecular complexity index is 1440. The van der Waals surface area contributed by atoms with Crippen LogP contribution in [0.1, 0.15) is 62.5 Å². The fourth-order valence-electron chi connectivity index (χ4n) is 4.63. The highest BCUT2D eigenvalue weighted by Crippen LogP contribution is 2.30. The van der Waals surface area contributed by atoms with Gasteiger partial charge in [0.25, 0.3) is 0 Å². The topological polar surface area (TPSA) is 51.7 Å². The molecule has 3 aromatic carbocycles. The Morgan fingerprint density at radius 3 is 2.31 bits per heavy atom. The zero-order valence-electron chi connectivity index (χ0n) is 24.2. The molecule has 39 heavy (non-hydrogen) atoms. The first-order chi connectivity index (χ1) is 18.5. The molecule has 0 saturated heterocycles. The lowest BCUT2D eigenvalue weighted by atomic mass is 9.92. The molecule has 0 spiro atoms. The Balaban J connectivity index is 1.63. The van der Waals surface area contributed by atoms with Crippen LogP contribution in [0.3, 0.4) is 0 Å². The Labute approximate surface area is 232 Å². The predicted octanol–water partition coefficient (Wildman–Crippen LogP) is 8.23. The number of methoxy groups -OCH3 is 1. The molecule has 1 aromatic heterocycles. The molecule has 0 atom stereocenters. The van der Waals surface area contributed by atoms with Crippen LogP contribution in [0.25, 0.3) is 21.9 Å². The molecule has 5 nitrogen and oxygen atoms in total. The van der Waals surface area contributed by atoms with Crippen molar-refractivity contribution in [1.29, 1.82) is 0 Å². The molecular formula is C34H40N2O3. The maximum absolute atomic E-state index is 12.5. The molecule has 0 amide bonds. The molecule has 0 aliphatic heterocycles. The predicted molar refractivity (Wildman–Crippen MR) is 161 cm³/mol. The normalized spacial score (nSPS) is 11.6. The van der Waals surface area contributed by atoms with Gasteiger partial charge in [0.05, 0.1) is 18.8 Å². The fraction of sp³-hybridized carbons (Fsp3) is 0.353. The SMILES string of the molecule is COc1ccc(-c2ccc(CN(CCC(C)(C)C)c3nccc4cc(C(=O)OC(C)C)ccc34)cc2)cc1C. The van der Waals surface area contributed by atoms with E-state index in [2.05, 4.69) is 69.0 Å². The summed E-state index contributed by atoms with van der Waals surface area (Å²) in [7, 11) is 1.70. The summed E-state index contributed by atoms with van der Waals surface area (Å²) < 4.78 is 10.8. The molecule has 0 aliphatic rings. The molecule has 0 aliphatic carbocycles. The summed E-state index contributed by atoms with van der Waals surface area (Å²) in [5.74, 6) is 1.52. The van der Waals surface area contributed by atoms with Gasteiger partial charge >= 0.3 is 5.97 Å². The van der Waals surface area contributed by atoms with Crippen LogP contribution in [0.2, 0.25) is 0 Å². The van der Waals surface area contributed by atoms with Gasteiger partial charge in [-0.2, -0.15) is 0 Å². The van der Waals surface area contributed by atoms with E-state index in [4.69, 9.17) is 14.5 Å². The summed E-state index contributed by atoms with van der Waals surface area (Å²) in [6.07, 6.45) is 2.69. The Kier molecular flexibility index (Phi) is 8.59. The summed E-state index contributed by atoms with van der Waals surface area (Å²) in [4.78, 5) is 19.7. The number of esters is 1. The van der Waals surface area contributed by atoms with Crippen LogP contribution in [-0.2, 0) is 11.3 Å². The first-order valence-corrected chi connectivity index (χ1v) is 13.6. The quantitative estimate of drug-likeness (QED) is 0.206. The van der Waals surface area contributed by atoms with Gasteiger partial charge in [-0.05, 0) is 96.6 Å². The van der Waals surface area contributed by atoms with Crippen molar-refractivity contribution >= 4 is 22.6 Å². The minimum absolute atomic E-state index is 0.158. The van der Waals surface area contributed by atoms with Crippen LogP contribution in [0.5, 0.6) is 5.75 Å². The number of benzene rings is 3. The Hall–Kier alpha value is -3.86. The van der Waals surface area contributed by atoms with E-state index in [-0.39, 0.29) is 17.5 Å². The molecule has 0 saturated carbocycles. The Morgan fingerprint density at radius 2 is 1.67 bits per heavy atom. The van der Waals surface area contributed by atoms with Gasteiger partial charge in [0, 0.05) is 24.7 Å². The van der Waals surface area contributed by atoms with Crippen molar-refractivity contribution in [2.75, 3.05) is 18.6 Å². The lowest BCUT2D eigenvalue weighted by Crippen LogP contribution is -2.28. The number of aryl methyl sites for hydroxylation is 1. The minimum Gasteiger partial charge on any atom is -0.496 e. The van der Waals surface area contributed by atoms with Gasteiger partial charge in [-0.25, -0.2) is 9.78 Å². The van der Waals surface area contributed by atoms with Crippen LogP contribution in [0.4, 0.5) is 5.82 Å².